The Hall–Kier alpha value is -1.46. The lowest BCUT2D eigenvalue weighted by molar-refractivity contribution is -0.136. The highest BCUT2D eigenvalue weighted by molar-refractivity contribution is 5.82. The monoisotopic (exact) mass is 331 g/mol. The SMILES string of the molecule is O=C(C1CCCN1Cc1ccc(F)cc1)N1CCC2CCC(C1)N2. The van der Waals surface area contributed by atoms with Crippen molar-refractivity contribution in [2.24, 2.45) is 0 Å². The van der Waals surface area contributed by atoms with Crippen molar-refractivity contribution in [2.75, 3.05) is 19.6 Å². The molecule has 5 heteroatoms. The van der Waals surface area contributed by atoms with E-state index in [0.717, 1.165) is 51.0 Å². The van der Waals surface area contributed by atoms with Gasteiger partial charge in [-0.3, -0.25) is 9.69 Å². The summed E-state index contributed by atoms with van der Waals surface area (Å²) in [6, 6.07) is 7.72. The van der Waals surface area contributed by atoms with Crippen molar-refractivity contribution >= 4 is 5.91 Å². The van der Waals surface area contributed by atoms with Gasteiger partial charge in [0.25, 0.3) is 0 Å². The Bertz CT molecular complexity index is 591. The summed E-state index contributed by atoms with van der Waals surface area (Å²) in [6.45, 7) is 3.42. The van der Waals surface area contributed by atoms with Crippen LogP contribution in [0.2, 0.25) is 0 Å². The molecule has 1 N–H and O–H groups in total. The Morgan fingerprint density at radius 2 is 1.88 bits per heavy atom. The molecule has 0 aliphatic carbocycles. The number of halogens is 1. The van der Waals surface area contributed by atoms with Crippen LogP contribution in [0.25, 0.3) is 0 Å². The molecule has 1 aromatic carbocycles. The molecule has 2 bridgehead atoms. The highest BCUT2D eigenvalue weighted by atomic mass is 19.1. The van der Waals surface area contributed by atoms with Crippen molar-refractivity contribution < 1.29 is 9.18 Å². The molecule has 4 nitrogen and oxygen atoms in total. The van der Waals surface area contributed by atoms with Gasteiger partial charge >= 0.3 is 0 Å². The second-order valence-corrected chi connectivity index (χ2v) is 7.47. The van der Waals surface area contributed by atoms with Crippen LogP contribution in [0.4, 0.5) is 4.39 Å². The Labute approximate surface area is 143 Å². The standard InChI is InChI=1S/C19H26FN3O/c20-15-5-3-14(4-6-15)12-22-10-1-2-18(22)19(24)23-11-9-16-7-8-17(13-23)21-16/h3-6,16-18,21H,1-2,7-13H2. The highest BCUT2D eigenvalue weighted by Gasteiger charge is 2.37. The zero-order valence-electron chi connectivity index (χ0n) is 14.1. The van der Waals surface area contributed by atoms with Crippen molar-refractivity contribution in [1.82, 2.24) is 15.1 Å². The van der Waals surface area contributed by atoms with Crippen molar-refractivity contribution in [3.05, 3.63) is 35.6 Å². The predicted octanol–water partition coefficient (Wildman–Crippen LogP) is 2.14. The van der Waals surface area contributed by atoms with E-state index in [1.807, 2.05) is 12.1 Å². The van der Waals surface area contributed by atoms with E-state index in [1.165, 1.54) is 25.0 Å². The first-order valence-corrected chi connectivity index (χ1v) is 9.22. The normalized spacial score (nSPS) is 30.5. The van der Waals surface area contributed by atoms with Gasteiger partial charge in [0, 0.05) is 31.7 Å². The molecule has 130 valence electrons. The average molecular weight is 331 g/mol. The first-order valence-electron chi connectivity index (χ1n) is 9.22. The number of benzene rings is 1. The molecule has 3 unspecified atom stereocenters. The fourth-order valence-electron chi connectivity index (χ4n) is 4.47. The maximum absolute atomic E-state index is 13.1. The quantitative estimate of drug-likeness (QED) is 0.922. The number of fused-ring (bicyclic) bond motifs is 2. The van der Waals surface area contributed by atoms with E-state index in [4.69, 9.17) is 0 Å². The van der Waals surface area contributed by atoms with Crippen molar-refractivity contribution in [3.8, 4) is 0 Å². The largest absolute Gasteiger partial charge is 0.340 e. The number of nitrogens with zero attached hydrogens (tertiary/aromatic N) is 2. The van der Waals surface area contributed by atoms with Crippen LogP contribution >= 0.6 is 0 Å². The Balaban J connectivity index is 1.42. The molecule has 0 aromatic heterocycles. The average Bonchev–Trinajstić information content (AvgIpc) is 3.15. The first kappa shape index (κ1) is 16.0. The van der Waals surface area contributed by atoms with E-state index >= 15 is 0 Å². The molecule has 1 aromatic rings. The number of amides is 1. The summed E-state index contributed by atoms with van der Waals surface area (Å²) in [7, 11) is 0. The van der Waals surface area contributed by atoms with Crippen LogP contribution in [0, 0.1) is 5.82 Å². The third-order valence-electron chi connectivity index (χ3n) is 5.78. The molecule has 3 saturated heterocycles. The maximum atomic E-state index is 13.1. The van der Waals surface area contributed by atoms with Gasteiger partial charge in [0.1, 0.15) is 5.82 Å². The third-order valence-corrected chi connectivity index (χ3v) is 5.78. The number of nitrogens with one attached hydrogen (secondary N) is 1. The van der Waals surface area contributed by atoms with Crippen LogP contribution in [-0.2, 0) is 11.3 Å². The highest BCUT2D eigenvalue weighted by Crippen LogP contribution is 2.25. The van der Waals surface area contributed by atoms with Crippen molar-refractivity contribution in [2.45, 2.75) is 56.8 Å². The van der Waals surface area contributed by atoms with Gasteiger partial charge < -0.3 is 10.2 Å². The fourth-order valence-corrected chi connectivity index (χ4v) is 4.47. The van der Waals surface area contributed by atoms with Gasteiger partial charge in [0.05, 0.1) is 6.04 Å². The molecular weight excluding hydrogens is 305 g/mol. The third kappa shape index (κ3) is 3.33. The van der Waals surface area contributed by atoms with E-state index < -0.39 is 0 Å². The zero-order chi connectivity index (χ0) is 16.5. The Morgan fingerprint density at radius 3 is 2.71 bits per heavy atom. The van der Waals surface area contributed by atoms with Crippen LogP contribution in [0.1, 0.15) is 37.7 Å². The second kappa shape index (κ2) is 6.81. The van der Waals surface area contributed by atoms with Crippen LogP contribution in [0.5, 0.6) is 0 Å². The number of likely N-dealkylation sites (tertiary alicyclic amines) is 2. The molecule has 3 fully saturated rings. The molecule has 3 aliphatic heterocycles. The van der Waals surface area contributed by atoms with Gasteiger partial charge in [-0.2, -0.15) is 0 Å². The van der Waals surface area contributed by atoms with E-state index in [1.54, 1.807) is 0 Å². The van der Waals surface area contributed by atoms with Gasteiger partial charge in [-0.25, -0.2) is 4.39 Å². The van der Waals surface area contributed by atoms with E-state index in [9.17, 15) is 9.18 Å². The summed E-state index contributed by atoms with van der Waals surface area (Å²) in [5, 5.41) is 3.64. The summed E-state index contributed by atoms with van der Waals surface area (Å²) in [5.74, 6) is 0.0869. The summed E-state index contributed by atoms with van der Waals surface area (Å²) in [5.41, 5.74) is 1.08. The number of hydrogen-bond acceptors (Lipinski definition) is 3. The van der Waals surface area contributed by atoms with Crippen LogP contribution in [0.15, 0.2) is 24.3 Å². The van der Waals surface area contributed by atoms with E-state index in [2.05, 4.69) is 15.1 Å². The van der Waals surface area contributed by atoms with E-state index in [0.29, 0.717) is 18.0 Å². The van der Waals surface area contributed by atoms with Crippen LogP contribution < -0.4 is 5.32 Å². The summed E-state index contributed by atoms with van der Waals surface area (Å²) in [4.78, 5) is 17.4. The molecular formula is C19H26FN3O. The summed E-state index contributed by atoms with van der Waals surface area (Å²) >= 11 is 0. The molecule has 3 aliphatic rings. The zero-order valence-corrected chi connectivity index (χ0v) is 14.1. The number of carbonyl (C=O) groups is 1. The number of hydrogen-bond donors (Lipinski definition) is 1. The fraction of sp³-hybridized carbons (Fsp3) is 0.632. The second-order valence-electron chi connectivity index (χ2n) is 7.47. The topological polar surface area (TPSA) is 35.6 Å². The van der Waals surface area contributed by atoms with Crippen molar-refractivity contribution in [3.63, 3.8) is 0 Å². The summed E-state index contributed by atoms with van der Waals surface area (Å²) < 4.78 is 13.1. The molecule has 3 atom stereocenters. The van der Waals surface area contributed by atoms with Gasteiger partial charge in [0.15, 0.2) is 0 Å². The first-order chi connectivity index (χ1) is 11.7. The molecule has 24 heavy (non-hydrogen) atoms. The van der Waals surface area contributed by atoms with Crippen LogP contribution in [0.3, 0.4) is 0 Å². The molecule has 0 spiro atoms. The van der Waals surface area contributed by atoms with Gasteiger partial charge in [0.2, 0.25) is 5.91 Å². The number of carbonyl (C=O) groups excluding carboxylic acids is 1. The minimum atomic E-state index is -0.208. The maximum Gasteiger partial charge on any atom is 0.239 e. The molecule has 0 radical (unpaired) electrons. The molecule has 0 saturated carbocycles. The molecule has 3 heterocycles. The minimum Gasteiger partial charge on any atom is -0.340 e. The van der Waals surface area contributed by atoms with E-state index in [-0.39, 0.29) is 11.9 Å². The predicted molar refractivity (Wildman–Crippen MR) is 91.0 cm³/mol. The smallest absolute Gasteiger partial charge is 0.239 e. The van der Waals surface area contributed by atoms with Crippen LogP contribution in [-0.4, -0.2) is 53.5 Å². The molecule has 1 amide bonds. The lowest BCUT2D eigenvalue weighted by Crippen LogP contribution is -2.48. The number of rotatable bonds is 3. The molecule has 4 rings (SSSR count). The van der Waals surface area contributed by atoms with Crippen molar-refractivity contribution in [1.29, 1.82) is 0 Å². The Morgan fingerprint density at radius 1 is 1.08 bits per heavy atom. The van der Waals surface area contributed by atoms with Gasteiger partial charge in [-0.15, -0.1) is 0 Å². The lowest BCUT2D eigenvalue weighted by atomic mass is 10.1. The minimum absolute atomic E-state index is 0.00770. The Kier molecular flexibility index (Phi) is 4.55. The lowest BCUT2D eigenvalue weighted by Gasteiger charge is -2.31. The van der Waals surface area contributed by atoms with Gasteiger partial charge in [-0.05, 0) is 56.3 Å². The summed E-state index contributed by atoms with van der Waals surface area (Å²) in [6.07, 6.45) is 5.53. The van der Waals surface area contributed by atoms with Gasteiger partial charge in [-0.1, -0.05) is 12.1 Å².